The van der Waals surface area contributed by atoms with E-state index >= 15 is 0 Å². The van der Waals surface area contributed by atoms with E-state index in [1.165, 1.54) is 4.90 Å². The third-order valence-electron chi connectivity index (χ3n) is 2.27. The Morgan fingerprint density at radius 2 is 2.12 bits per heavy atom. The van der Waals surface area contributed by atoms with Gasteiger partial charge in [0.15, 0.2) is 0 Å². The monoisotopic (exact) mass is 256 g/mol. The lowest BCUT2D eigenvalue weighted by Crippen LogP contribution is -2.04. The van der Waals surface area contributed by atoms with Gasteiger partial charge >= 0.3 is 0 Å². The van der Waals surface area contributed by atoms with Gasteiger partial charge in [0.2, 0.25) is 0 Å². The minimum absolute atomic E-state index is 0.409. The first-order valence-electron chi connectivity index (χ1n) is 5.71. The number of aliphatic hydroxyl groups is 1. The van der Waals surface area contributed by atoms with Crippen LogP contribution in [-0.2, 0) is 9.47 Å². The standard InChI is InChI=1S/C13H20O3S/c1-11(14)12-4-3-5-13(10-12)17-9-8-16-7-6-15-2/h3-5,10-11,14H,6-9H2,1-2H3. The van der Waals surface area contributed by atoms with E-state index in [1.807, 2.05) is 24.3 Å². The van der Waals surface area contributed by atoms with E-state index in [0.717, 1.165) is 11.3 Å². The molecule has 0 saturated carbocycles. The highest BCUT2D eigenvalue weighted by atomic mass is 32.2. The van der Waals surface area contributed by atoms with Gasteiger partial charge in [0, 0.05) is 17.8 Å². The van der Waals surface area contributed by atoms with Crippen molar-refractivity contribution in [3.8, 4) is 0 Å². The zero-order chi connectivity index (χ0) is 12.5. The molecule has 1 atom stereocenters. The first-order chi connectivity index (χ1) is 8.24. The molecular weight excluding hydrogens is 236 g/mol. The van der Waals surface area contributed by atoms with Crippen LogP contribution in [0.5, 0.6) is 0 Å². The van der Waals surface area contributed by atoms with Crippen LogP contribution in [-0.4, -0.2) is 37.8 Å². The highest BCUT2D eigenvalue weighted by Crippen LogP contribution is 2.22. The van der Waals surface area contributed by atoms with Crippen LogP contribution in [0.1, 0.15) is 18.6 Å². The fourth-order valence-electron chi connectivity index (χ4n) is 1.33. The normalized spacial score (nSPS) is 12.6. The number of hydrogen-bond acceptors (Lipinski definition) is 4. The molecular formula is C13H20O3S. The van der Waals surface area contributed by atoms with E-state index in [-0.39, 0.29) is 0 Å². The molecule has 0 heterocycles. The van der Waals surface area contributed by atoms with Crippen molar-refractivity contribution in [2.75, 3.05) is 32.7 Å². The van der Waals surface area contributed by atoms with Crippen LogP contribution >= 0.6 is 11.8 Å². The molecule has 0 aliphatic heterocycles. The lowest BCUT2D eigenvalue weighted by Gasteiger charge is -2.07. The van der Waals surface area contributed by atoms with E-state index in [1.54, 1.807) is 25.8 Å². The van der Waals surface area contributed by atoms with E-state index in [2.05, 4.69) is 0 Å². The predicted octanol–water partition coefficient (Wildman–Crippen LogP) is 2.50. The average molecular weight is 256 g/mol. The Balaban J connectivity index is 2.24. The van der Waals surface area contributed by atoms with Crippen molar-refractivity contribution in [3.63, 3.8) is 0 Å². The summed E-state index contributed by atoms with van der Waals surface area (Å²) in [5.74, 6) is 0.910. The minimum Gasteiger partial charge on any atom is -0.389 e. The summed E-state index contributed by atoms with van der Waals surface area (Å²) < 4.78 is 10.3. The van der Waals surface area contributed by atoms with Gasteiger partial charge in [0.25, 0.3) is 0 Å². The Kier molecular flexibility index (Phi) is 7.28. The zero-order valence-corrected chi connectivity index (χ0v) is 11.2. The largest absolute Gasteiger partial charge is 0.389 e. The lowest BCUT2D eigenvalue weighted by atomic mass is 10.1. The second kappa shape index (κ2) is 8.53. The SMILES string of the molecule is COCCOCCSc1cccc(C(C)O)c1. The summed E-state index contributed by atoms with van der Waals surface area (Å²) >= 11 is 1.73. The smallest absolute Gasteiger partial charge is 0.0762 e. The molecule has 1 unspecified atom stereocenters. The fraction of sp³-hybridized carbons (Fsp3) is 0.538. The van der Waals surface area contributed by atoms with Gasteiger partial charge in [-0.25, -0.2) is 0 Å². The summed E-state index contributed by atoms with van der Waals surface area (Å²) in [6.45, 7) is 3.78. The molecule has 0 saturated heterocycles. The summed E-state index contributed by atoms with van der Waals surface area (Å²) in [6, 6.07) is 7.97. The first kappa shape index (κ1) is 14.5. The van der Waals surface area contributed by atoms with Crippen molar-refractivity contribution in [2.24, 2.45) is 0 Å². The van der Waals surface area contributed by atoms with Gasteiger partial charge in [-0.05, 0) is 24.6 Å². The zero-order valence-electron chi connectivity index (χ0n) is 10.4. The number of aliphatic hydroxyl groups excluding tert-OH is 1. The fourth-order valence-corrected chi connectivity index (χ4v) is 2.16. The molecule has 96 valence electrons. The van der Waals surface area contributed by atoms with Gasteiger partial charge in [-0.15, -0.1) is 11.8 Å². The Morgan fingerprint density at radius 1 is 1.29 bits per heavy atom. The molecule has 0 aromatic heterocycles. The van der Waals surface area contributed by atoms with Gasteiger partial charge in [-0.2, -0.15) is 0 Å². The third-order valence-corrected chi connectivity index (χ3v) is 3.23. The molecule has 0 amide bonds. The maximum Gasteiger partial charge on any atom is 0.0762 e. The molecule has 17 heavy (non-hydrogen) atoms. The van der Waals surface area contributed by atoms with Crippen molar-refractivity contribution in [1.29, 1.82) is 0 Å². The summed E-state index contributed by atoms with van der Waals surface area (Å²) in [6.07, 6.45) is -0.409. The van der Waals surface area contributed by atoms with E-state index < -0.39 is 6.10 Å². The molecule has 0 aliphatic rings. The predicted molar refractivity (Wildman–Crippen MR) is 70.5 cm³/mol. The summed E-state index contributed by atoms with van der Waals surface area (Å²) in [7, 11) is 1.67. The van der Waals surface area contributed by atoms with Crippen LogP contribution < -0.4 is 0 Å². The minimum atomic E-state index is -0.409. The highest BCUT2D eigenvalue weighted by molar-refractivity contribution is 7.99. The van der Waals surface area contributed by atoms with Gasteiger partial charge in [0.05, 0.1) is 25.9 Å². The molecule has 0 radical (unpaired) electrons. The third kappa shape index (κ3) is 6.07. The molecule has 1 aromatic rings. The second-order valence-corrected chi connectivity index (χ2v) is 4.87. The second-order valence-electron chi connectivity index (χ2n) is 3.70. The van der Waals surface area contributed by atoms with Gasteiger partial charge in [-0.3, -0.25) is 0 Å². The average Bonchev–Trinajstić information content (AvgIpc) is 2.34. The molecule has 3 nitrogen and oxygen atoms in total. The highest BCUT2D eigenvalue weighted by Gasteiger charge is 2.01. The summed E-state index contributed by atoms with van der Waals surface area (Å²) in [5.41, 5.74) is 0.954. The van der Waals surface area contributed by atoms with E-state index in [4.69, 9.17) is 9.47 Å². The van der Waals surface area contributed by atoms with Crippen LogP contribution in [0.4, 0.5) is 0 Å². The number of ether oxygens (including phenoxy) is 2. The topological polar surface area (TPSA) is 38.7 Å². The Hall–Kier alpha value is -0.550. The van der Waals surface area contributed by atoms with Gasteiger partial charge < -0.3 is 14.6 Å². The summed E-state index contributed by atoms with van der Waals surface area (Å²) in [4.78, 5) is 1.17. The molecule has 4 heteroatoms. The van der Waals surface area contributed by atoms with Crippen LogP contribution in [0, 0.1) is 0 Å². The number of benzene rings is 1. The van der Waals surface area contributed by atoms with Crippen LogP contribution in [0.3, 0.4) is 0 Å². The lowest BCUT2D eigenvalue weighted by molar-refractivity contribution is 0.0790. The van der Waals surface area contributed by atoms with Crippen LogP contribution in [0.25, 0.3) is 0 Å². The Labute approximate surface area is 107 Å². The van der Waals surface area contributed by atoms with Gasteiger partial charge in [0.1, 0.15) is 0 Å². The van der Waals surface area contributed by atoms with Gasteiger partial charge in [-0.1, -0.05) is 12.1 Å². The molecule has 1 rings (SSSR count). The molecule has 0 fully saturated rings. The first-order valence-corrected chi connectivity index (χ1v) is 6.70. The molecule has 1 aromatic carbocycles. The van der Waals surface area contributed by atoms with Crippen molar-refractivity contribution in [3.05, 3.63) is 29.8 Å². The number of hydrogen-bond donors (Lipinski definition) is 1. The van der Waals surface area contributed by atoms with E-state index in [9.17, 15) is 5.11 Å². The molecule has 1 N–H and O–H groups in total. The number of rotatable bonds is 8. The maximum atomic E-state index is 9.47. The van der Waals surface area contributed by atoms with Crippen molar-refractivity contribution in [1.82, 2.24) is 0 Å². The maximum absolute atomic E-state index is 9.47. The van der Waals surface area contributed by atoms with Crippen LogP contribution in [0.2, 0.25) is 0 Å². The summed E-state index contributed by atoms with van der Waals surface area (Å²) in [5, 5.41) is 9.47. The molecule has 0 aliphatic carbocycles. The number of methoxy groups -OCH3 is 1. The number of thioether (sulfide) groups is 1. The van der Waals surface area contributed by atoms with E-state index in [0.29, 0.717) is 19.8 Å². The van der Waals surface area contributed by atoms with Crippen molar-refractivity contribution >= 4 is 11.8 Å². The Bertz CT molecular complexity index is 315. The quantitative estimate of drug-likeness (QED) is 0.573. The molecule has 0 bridgehead atoms. The van der Waals surface area contributed by atoms with Crippen molar-refractivity contribution < 1.29 is 14.6 Å². The van der Waals surface area contributed by atoms with Crippen LogP contribution in [0.15, 0.2) is 29.2 Å². The van der Waals surface area contributed by atoms with Crippen molar-refractivity contribution in [2.45, 2.75) is 17.9 Å². The Morgan fingerprint density at radius 3 is 2.82 bits per heavy atom. The molecule has 0 spiro atoms.